The van der Waals surface area contributed by atoms with E-state index >= 15 is 0 Å². The molecule has 1 aliphatic heterocycles. The lowest BCUT2D eigenvalue weighted by atomic mass is 10.1. The minimum atomic E-state index is -0.572. The summed E-state index contributed by atoms with van der Waals surface area (Å²) in [4.78, 5) is 2.37. The summed E-state index contributed by atoms with van der Waals surface area (Å²) >= 11 is 0. The topological polar surface area (TPSA) is 38.7 Å². The summed E-state index contributed by atoms with van der Waals surface area (Å²) in [6.07, 6.45) is 3.97. The zero-order valence-electron chi connectivity index (χ0n) is 12.1. The lowest BCUT2D eigenvalue weighted by molar-refractivity contribution is 0.423. The van der Waals surface area contributed by atoms with Crippen molar-refractivity contribution in [3.05, 3.63) is 29.0 Å². The Morgan fingerprint density at radius 1 is 1.16 bits per heavy atom. The van der Waals surface area contributed by atoms with Crippen LogP contribution >= 0.6 is 0 Å². The van der Waals surface area contributed by atoms with E-state index in [0.717, 1.165) is 37.2 Å². The number of fused-ring (bicyclic) bond motifs is 1. The van der Waals surface area contributed by atoms with Crippen LogP contribution in [0.2, 0.25) is 0 Å². The van der Waals surface area contributed by atoms with Gasteiger partial charge in [0.15, 0.2) is 5.69 Å². The van der Waals surface area contributed by atoms with Crippen LogP contribution < -0.4 is 9.66 Å². The first-order chi connectivity index (χ1) is 9.14. The first kappa shape index (κ1) is 14.0. The molecule has 104 valence electrons. The first-order valence-electron chi connectivity index (χ1n) is 7.18. The van der Waals surface area contributed by atoms with Gasteiger partial charge < -0.3 is 10.1 Å². The Morgan fingerprint density at radius 3 is 2.42 bits per heavy atom. The summed E-state index contributed by atoms with van der Waals surface area (Å²) in [5.74, 6) is 0. The third-order valence-corrected chi connectivity index (χ3v) is 3.55. The predicted molar refractivity (Wildman–Crippen MR) is 82.5 cm³/mol. The zero-order valence-corrected chi connectivity index (χ0v) is 12.1. The summed E-state index contributed by atoms with van der Waals surface area (Å²) in [5.41, 5.74) is 2.92. The number of hydrogen-bond donors (Lipinski definition) is 0. The highest BCUT2D eigenvalue weighted by Crippen LogP contribution is 2.34. The highest BCUT2D eigenvalue weighted by atomic mass is 16.6. The van der Waals surface area contributed by atoms with Crippen LogP contribution in [-0.4, -0.2) is 25.8 Å². The summed E-state index contributed by atoms with van der Waals surface area (Å²) in [6, 6.07) is 6.09. The Hall–Kier alpha value is -1.39. The molecule has 0 amide bonds. The number of nitrogens with zero attached hydrogens (tertiary/aromatic N) is 3. The quantitative estimate of drug-likeness (QED) is 0.581. The van der Waals surface area contributed by atoms with Crippen LogP contribution in [0.3, 0.4) is 0 Å². The molecular weight excluding hydrogens is 238 g/mol. The van der Waals surface area contributed by atoms with Gasteiger partial charge in [-0.05, 0) is 31.9 Å². The molecule has 1 unspecified atom stereocenters. The van der Waals surface area contributed by atoms with Gasteiger partial charge in [-0.3, -0.25) is 0 Å². The van der Waals surface area contributed by atoms with Gasteiger partial charge in [0.05, 0.1) is 11.8 Å². The summed E-state index contributed by atoms with van der Waals surface area (Å²) in [7, 11) is 0. The van der Waals surface area contributed by atoms with E-state index < -0.39 is 4.76 Å². The zero-order chi connectivity index (χ0) is 13.9. The van der Waals surface area contributed by atoms with Crippen molar-refractivity contribution in [2.75, 3.05) is 24.5 Å². The first-order valence-corrected chi connectivity index (χ1v) is 7.18. The number of hydroxylamine groups is 1. The Labute approximate surface area is 115 Å². The molecule has 19 heavy (non-hydrogen) atoms. The van der Waals surface area contributed by atoms with Crippen LogP contribution in [-0.2, 0) is 0 Å². The molecule has 1 aromatic carbocycles. The molecule has 4 nitrogen and oxygen atoms in total. The molecule has 0 N–H and O–H groups in total. The van der Waals surface area contributed by atoms with Crippen LogP contribution in [0.5, 0.6) is 0 Å². The largest absolute Gasteiger partial charge is 0.599 e. The Bertz CT molecular complexity index is 466. The molecule has 2 rings (SSSR count). The Kier molecular flexibility index (Phi) is 4.22. The van der Waals surface area contributed by atoms with Gasteiger partial charge >= 0.3 is 0 Å². The van der Waals surface area contributed by atoms with Gasteiger partial charge in [-0.1, -0.05) is 18.9 Å². The van der Waals surface area contributed by atoms with Crippen LogP contribution in [0.1, 0.15) is 39.2 Å². The standard InChI is InChI=1S/C15H23N3O/c1-4-9-17(10-5-2)14-7-8-15-13(11-14)12-16-18(15,19)6-3/h7-8,11-12H,4-6,9-10H2,1-3H3. The third kappa shape index (κ3) is 2.65. The van der Waals surface area contributed by atoms with Crippen molar-refractivity contribution < 1.29 is 0 Å². The van der Waals surface area contributed by atoms with E-state index in [1.54, 1.807) is 6.21 Å². The van der Waals surface area contributed by atoms with E-state index in [9.17, 15) is 5.21 Å². The fourth-order valence-corrected chi connectivity index (χ4v) is 2.54. The maximum absolute atomic E-state index is 12.4. The van der Waals surface area contributed by atoms with E-state index in [-0.39, 0.29) is 0 Å². The maximum atomic E-state index is 12.4. The van der Waals surface area contributed by atoms with Crippen LogP contribution in [0.25, 0.3) is 0 Å². The predicted octanol–water partition coefficient (Wildman–Crippen LogP) is 3.49. The number of quaternary nitrogens is 1. The molecule has 1 aliphatic rings. The highest BCUT2D eigenvalue weighted by molar-refractivity contribution is 5.92. The second-order valence-corrected chi connectivity index (χ2v) is 4.99. The van der Waals surface area contributed by atoms with Crippen molar-refractivity contribution in [1.82, 2.24) is 4.76 Å². The average Bonchev–Trinajstić information content (AvgIpc) is 2.76. The monoisotopic (exact) mass is 261 g/mol. The van der Waals surface area contributed by atoms with Crippen molar-refractivity contribution >= 4 is 17.6 Å². The van der Waals surface area contributed by atoms with Gasteiger partial charge in [0.1, 0.15) is 6.54 Å². The van der Waals surface area contributed by atoms with Crippen molar-refractivity contribution in [2.24, 2.45) is 5.10 Å². The van der Waals surface area contributed by atoms with Gasteiger partial charge in [0.2, 0.25) is 0 Å². The number of hydrogen-bond acceptors (Lipinski definition) is 3. The van der Waals surface area contributed by atoms with Gasteiger partial charge in [-0.2, -0.15) is 4.76 Å². The number of benzene rings is 1. The molecule has 0 aromatic heterocycles. The Balaban J connectivity index is 2.29. The van der Waals surface area contributed by atoms with Crippen molar-refractivity contribution in [3.63, 3.8) is 0 Å². The van der Waals surface area contributed by atoms with E-state index in [1.807, 2.05) is 13.0 Å². The molecule has 0 bridgehead atoms. The van der Waals surface area contributed by atoms with Gasteiger partial charge in [-0.15, -0.1) is 0 Å². The van der Waals surface area contributed by atoms with Gasteiger partial charge in [-0.25, -0.2) is 0 Å². The second-order valence-electron chi connectivity index (χ2n) is 4.99. The molecule has 4 heteroatoms. The lowest BCUT2D eigenvalue weighted by Crippen LogP contribution is -2.34. The lowest BCUT2D eigenvalue weighted by Gasteiger charge is -2.31. The smallest absolute Gasteiger partial charge is 0.168 e. The van der Waals surface area contributed by atoms with E-state index in [2.05, 4.69) is 36.0 Å². The normalized spacial score (nSPS) is 20.6. The number of anilines is 1. The van der Waals surface area contributed by atoms with E-state index in [0.29, 0.717) is 6.54 Å². The van der Waals surface area contributed by atoms with Crippen LogP contribution in [0.4, 0.5) is 11.4 Å². The SMILES string of the molecule is CCCN(CCC)c1ccc2c(c1)C=N[N+]2([O-])CC. The van der Waals surface area contributed by atoms with E-state index in [1.165, 1.54) is 5.69 Å². The fourth-order valence-electron chi connectivity index (χ4n) is 2.54. The Morgan fingerprint density at radius 2 is 1.84 bits per heavy atom. The summed E-state index contributed by atoms with van der Waals surface area (Å²) in [6.45, 7) is 8.79. The summed E-state index contributed by atoms with van der Waals surface area (Å²) in [5, 5.41) is 16.4. The van der Waals surface area contributed by atoms with Crippen molar-refractivity contribution in [2.45, 2.75) is 33.6 Å². The maximum Gasteiger partial charge on any atom is 0.168 e. The fraction of sp³-hybridized carbons (Fsp3) is 0.533. The van der Waals surface area contributed by atoms with E-state index in [4.69, 9.17) is 0 Å². The second kappa shape index (κ2) is 5.72. The molecule has 0 aliphatic carbocycles. The molecule has 0 saturated carbocycles. The van der Waals surface area contributed by atoms with Gasteiger partial charge in [0, 0.05) is 24.8 Å². The molecule has 1 heterocycles. The van der Waals surface area contributed by atoms with Crippen molar-refractivity contribution in [3.8, 4) is 0 Å². The minimum Gasteiger partial charge on any atom is -0.599 e. The molecule has 0 fully saturated rings. The average molecular weight is 261 g/mol. The van der Waals surface area contributed by atoms with Crippen LogP contribution in [0, 0.1) is 5.21 Å². The molecule has 1 aromatic rings. The highest BCUT2D eigenvalue weighted by Gasteiger charge is 2.27. The van der Waals surface area contributed by atoms with Crippen LogP contribution in [0.15, 0.2) is 23.3 Å². The van der Waals surface area contributed by atoms with Gasteiger partial charge in [0.25, 0.3) is 0 Å². The molecule has 0 saturated heterocycles. The minimum absolute atomic E-state index is 0.441. The molecule has 0 spiro atoms. The molecule has 0 radical (unpaired) electrons. The molecule has 1 atom stereocenters. The third-order valence-electron chi connectivity index (χ3n) is 3.55. The molecular formula is C15H23N3O. The number of rotatable bonds is 6. The van der Waals surface area contributed by atoms with Crippen molar-refractivity contribution in [1.29, 1.82) is 0 Å². The summed E-state index contributed by atoms with van der Waals surface area (Å²) < 4.78 is -0.572.